The Hall–Kier alpha value is -1.74. The van der Waals surface area contributed by atoms with E-state index in [9.17, 15) is 9.59 Å². The normalized spacial score (nSPS) is 11.3. The first kappa shape index (κ1) is 14.3. The average molecular weight is 228 g/mol. The number of aliphatic carboxylic acids is 1. The average Bonchev–Trinajstić information content (AvgIpc) is 2.24. The van der Waals surface area contributed by atoms with Gasteiger partial charge in [0.2, 0.25) is 0 Å². The van der Waals surface area contributed by atoms with Crippen molar-refractivity contribution in [1.82, 2.24) is 10.2 Å². The first-order valence-electron chi connectivity index (χ1n) is 4.89. The smallest absolute Gasteiger partial charge is 0.326 e. The molecule has 90 valence electrons. The minimum atomic E-state index is -1.18. The zero-order chi connectivity index (χ0) is 12.6. The quantitative estimate of drug-likeness (QED) is 0.534. The number of carboxylic acids is 1. The fraction of sp³-hybridized carbons (Fsp3) is 0.600. The molecule has 3 N–H and O–H groups in total. The molecule has 0 radical (unpaired) electrons. The Labute approximate surface area is 94.2 Å². The van der Waals surface area contributed by atoms with Gasteiger partial charge in [-0.2, -0.15) is 0 Å². The Morgan fingerprint density at radius 2 is 2.19 bits per heavy atom. The van der Waals surface area contributed by atoms with Crippen LogP contribution in [0.15, 0.2) is 0 Å². The highest BCUT2D eigenvalue weighted by atomic mass is 16.4. The molecule has 0 aliphatic heterocycles. The van der Waals surface area contributed by atoms with Crippen LogP contribution in [0.1, 0.15) is 13.3 Å². The molecular weight excluding hydrogens is 212 g/mol. The molecule has 6 heteroatoms. The van der Waals surface area contributed by atoms with Crippen LogP contribution in [0, 0.1) is 12.3 Å². The second-order valence-electron chi connectivity index (χ2n) is 3.07. The summed E-state index contributed by atoms with van der Waals surface area (Å²) in [5.41, 5.74) is 0. The highest BCUT2D eigenvalue weighted by molar-refractivity contribution is 5.82. The lowest BCUT2D eigenvalue weighted by atomic mass is 10.2. The van der Waals surface area contributed by atoms with Crippen LogP contribution in [0.25, 0.3) is 0 Å². The van der Waals surface area contributed by atoms with Gasteiger partial charge in [-0.05, 0) is 6.92 Å². The lowest BCUT2D eigenvalue weighted by Crippen LogP contribution is -2.48. The van der Waals surface area contributed by atoms with Crippen molar-refractivity contribution in [3.05, 3.63) is 0 Å². The van der Waals surface area contributed by atoms with Gasteiger partial charge in [-0.25, -0.2) is 9.59 Å². The van der Waals surface area contributed by atoms with Crippen LogP contribution < -0.4 is 5.32 Å². The summed E-state index contributed by atoms with van der Waals surface area (Å²) < 4.78 is 0. The molecule has 16 heavy (non-hydrogen) atoms. The number of hydrogen-bond donors (Lipinski definition) is 3. The molecule has 0 aliphatic rings. The summed E-state index contributed by atoms with van der Waals surface area (Å²) in [6.07, 6.45) is 5.03. The summed E-state index contributed by atoms with van der Waals surface area (Å²) in [6, 6.07) is -1.63. The second-order valence-corrected chi connectivity index (χ2v) is 3.07. The number of nitrogens with one attached hydrogen (secondary N) is 1. The van der Waals surface area contributed by atoms with Crippen molar-refractivity contribution in [2.75, 3.05) is 19.7 Å². The number of terminal acetylenes is 1. The van der Waals surface area contributed by atoms with Crippen LogP contribution in [0.2, 0.25) is 0 Å². The van der Waals surface area contributed by atoms with Crippen LogP contribution in [-0.4, -0.2) is 52.9 Å². The van der Waals surface area contributed by atoms with E-state index in [1.54, 1.807) is 6.92 Å². The number of hydrogen-bond acceptors (Lipinski definition) is 3. The van der Waals surface area contributed by atoms with E-state index in [-0.39, 0.29) is 19.6 Å². The Morgan fingerprint density at radius 3 is 2.56 bits per heavy atom. The summed E-state index contributed by atoms with van der Waals surface area (Å²) >= 11 is 0. The minimum Gasteiger partial charge on any atom is -0.480 e. The van der Waals surface area contributed by atoms with Crippen molar-refractivity contribution in [2.45, 2.75) is 19.4 Å². The van der Waals surface area contributed by atoms with Gasteiger partial charge in [-0.3, -0.25) is 0 Å². The van der Waals surface area contributed by atoms with E-state index in [1.165, 1.54) is 4.90 Å². The number of amides is 2. The number of carbonyl (C=O) groups excluding carboxylic acids is 1. The van der Waals surface area contributed by atoms with Gasteiger partial charge in [-0.15, -0.1) is 6.42 Å². The monoisotopic (exact) mass is 228 g/mol. The lowest BCUT2D eigenvalue weighted by molar-refractivity contribution is -0.139. The Kier molecular flexibility index (Phi) is 6.72. The Morgan fingerprint density at radius 1 is 1.56 bits per heavy atom. The maximum absolute atomic E-state index is 11.5. The van der Waals surface area contributed by atoms with Gasteiger partial charge in [0, 0.05) is 19.6 Å². The van der Waals surface area contributed by atoms with Gasteiger partial charge < -0.3 is 20.4 Å². The summed E-state index contributed by atoms with van der Waals surface area (Å²) in [7, 11) is 0. The van der Waals surface area contributed by atoms with Crippen LogP contribution in [0.3, 0.4) is 0 Å². The van der Waals surface area contributed by atoms with E-state index in [2.05, 4.69) is 11.2 Å². The maximum atomic E-state index is 11.5. The van der Waals surface area contributed by atoms with Crippen molar-refractivity contribution in [2.24, 2.45) is 0 Å². The van der Waals surface area contributed by atoms with Crippen molar-refractivity contribution in [3.8, 4) is 12.3 Å². The van der Waals surface area contributed by atoms with Gasteiger partial charge in [0.25, 0.3) is 0 Å². The predicted molar refractivity (Wildman–Crippen MR) is 57.7 cm³/mol. The number of aliphatic hydroxyl groups excluding tert-OH is 1. The van der Waals surface area contributed by atoms with Crippen LogP contribution in [0.4, 0.5) is 4.79 Å². The van der Waals surface area contributed by atoms with Gasteiger partial charge in [-0.1, -0.05) is 5.92 Å². The number of nitrogens with zero attached hydrogens (tertiary/aromatic N) is 1. The molecule has 0 bridgehead atoms. The van der Waals surface area contributed by atoms with E-state index in [4.69, 9.17) is 16.6 Å². The van der Waals surface area contributed by atoms with Gasteiger partial charge in [0.15, 0.2) is 0 Å². The SMILES string of the molecule is C#CCN(CC)C(=O)NC(CCO)C(=O)O. The molecule has 6 nitrogen and oxygen atoms in total. The van der Waals surface area contributed by atoms with Crippen LogP contribution in [0.5, 0.6) is 0 Å². The van der Waals surface area contributed by atoms with Crippen LogP contribution in [-0.2, 0) is 4.79 Å². The summed E-state index contributed by atoms with van der Waals surface area (Å²) in [6.45, 7) is 1.94. The largest absolute Gasteiger partial charge is 0.480 e. The first-order chi connectivity index (χ1) is 7.56. The fourth-order valence-corrected chi connectivity index (χ4v) is 1.06. The minimum absolute atomic E-state index is 0.0331. The molecule has 0 aromatic heterocycles. The number of carbonyl (C=O) groups is 2. The summed E-state index contributed by atoms with van der Waals surface area (Å²) in [5.74, 6) is 1.12. The van der Waals surface area contributed by atoms with E-state index in [1.807, 2.05) is 0 Å². The molecule has 0 saturated heterocycles. The van der Waals surface area contributed by atoms with E-state index < -0.39 is 18.0 Å². The second kappa shape index (κ2) is 7.54. The Balaban J connectivity index is 4.38. The number of rotatable bonds is 6. The number of aliphatic hydroxyl groups is 1. The van der Waals surface area contributed by atoms with E-state index >= 15 is 0 Å². The molecule has 1 atom stereocenters. The third kappa shape index (κ3) is 4.66. The lowest BCUT2D eigenvalue weighted by Gasteiger charge is -2.21. The highest BCUT2D eigenvalue weighted by Crippen LogP contribution is 1.95. The molecule has 0 aromatic carbocycles. The fourth-order valence-electron chi connectivity index (χ4n) is 1.06. The van der Waals surface area contributed by atoms with Crippen LogP contribution >= 0.6 is 0 Å². The molecule has 0 aromatic rings. The van der Waals surface area contributed by atoms with Gasteiger partial charge in [0.05, 0.1) is 6.54 Å². The first-order valence-corrected chi connectivity index (χ1v) is 4.89. The van der Waals surface area contributed by atoms with Gasteiger partial charge >= 0.3 is 12.0 Å². The molecule has 0 fully saturated rings. The molecule has 0 rings (SSSR count). The maximum Gasteiger partial charge on any atom is 0.326 e. The van der Waals surface area contributed by atoms with Crippen molar-refractivity contribution < 1.29 is 19.8 Å². The Bertz CT molecular complexity index is 285. The standard InChI is InChI=1S/C10H16N2O4/c1-3-6-12(4-2)10(16)11-8(5-7-13)9(14)15/h1,8,13H,4-7H2,2H3,(H,11,16)(H,14,15). The number of carboxylic acid groups (broad SMARTS) is 1. The van der Waals surface area contributed by atoms with Crippen molar-refractivity contribution in [3.63, 3.8) is 0 Å². The molecular formula is C10H16N2O4. The third-order valence-electron chi connectivity index (χ3n) is 1.96. The van der Waals surface area contributed by atoms with E-state index in [0.29, 0.717) is 6.54 Å². The molecule has 0 aliphatic carbocycles. The van der Waals surface area contributed by atoms with Crippen molar-refractivity contribution in [1.29, 1.82) is 0 Å². The van der Waals surface area contributed by atoms with E-state index in [0.717, 1.165) is 0 Å². The topological polar surface area (TPSA) is 89.9 Å². The molecule has 0 heterocycles. The van der Waals surface area contributed by atoms with Gasteiger partial charge in [0.1, 0.15) is 6.04 Å². The summed E-state index contributed by atoms with van der Waals surface area (Å²) in [4.78, 5) is 23.5. The number of urea groups is 1. The third-order valence-corrected chi connectivity index (χ3v) is 1.96. The predicted octanol–water partition coefficient (Wildman–Crippen LogP) is -0.513. The highest BCUT2D eigenvalue weighted by Gasteiger charge is 2.21. The molecule has 2 amide bonds. The summed E-state index contributed by atoms with van der Waals surface area (Å²) in [5, 5.41) is 19.7. The molecule has 0 saturated carbocycles. The molecule has 0 spiro atoms. The zero-order valence-electron chi connectivity index (χ0n) is 9.14. The molecule has 1 unspecified atom stereocenters. The zero-order valence-corrected chi connectivity index (χ0v) is 9.14. The van der Waals surface area contributed by atoms with Crippen molar-refractivity contribution >= 4 is 12.0 Å².